The lowest BCUT2D eigenvalue weighted by Crippen LogP contribution is -2.59. The summed E-state index contributed by atoms with van der Waals surface area (Å²) in [4.78, 5) is 12.0. The standard InChI is InChI=1S/C24H46O9/c1-2-3-4-5-7-10-13-17(26)18(27)14-11-8-6-9-12-15-20(28)33-24-23(31)22(30)21(29)19(16-25)32-24/h17-19,21-27,29-31H,2-16H2,1H3/t17?,18?,19-,21-,22+,23-,24-/m1/s1. The van der Waals surface area contributed by atoms with Crippen molar-refractivity contribution < 1.29 is 44.9 Å². The van der Waals surface area contributed by atoms with Crippen LogP contribution in [-0.4, -0.2) is 86.1 Å². The van der Waals surface area contributed by atoms with Crippen LogP contribution >= 0.6 is 0 Å². The molecule has 0 aromatic rings. The van der Waals surface area contributed by atoms with Gasteiger partial charge in [-0.05, 0) is 19.3 Å². The normalized spacial score (nSPS) is 27.3. The van der Waals surface area contributed by atoms with E-state index in [1.807, 2.05) is 0 Å². The Morgan fingerprint density at radius 3 is 1.85 bits per heavy atom. The maximum Gasteiger partial charge on any atom is 0.308 e. The van der Waals surface area contributed by atoms with Gasteiger partial charge in [-0.25, -0.2) is 0 Å². The number of carbonyl (C=O) groups is 1. The molecule has 0 aromatic heterocycles. The molecule has 1 aliphatic rings. The van der Waals surface area contributed by atoms with Crippen LogP contribution in [0.15, 0.2) is 0 Å². The summed E-state index contributed by atoms with van der Waals surface area (Å²) in [6, 6.07) is 0. The molecule has 0 bridgehead atoms. The topological polar surface area (TPSA) is 157 Å². The van der Waals surface area contributed by atoms with Crippen LogP contribution in [0.4, 0.5) is 0 Å². The second-order valence-electron chi connectivity index (χ2n) is 9.18. The van der Waals surface area contributed by atoms with Crippen LogP contribution in [0.1, 0.15) is 96.8 Å². The minimum absolute atomic E-state index is 0.120. The maximum atomic E-state index is 12.0. The zero-order chi connectivity index (χ0) is 24.6. The van der Waals surface area contributed by atoms with Gasteiger partial charge in [0.15, 0.2) is 0 Å². The van der Waals surface area contributed by atoms with Crippen molar-refractivity contribution in [2.45, 2.75) is 140 Å². The molecular weight excluding hydrogens is 432 g/mol. The molecule has 33 heavy (non-hydrogen) atoms. The van der Waals surface area contributed by atoms with Crippen molar-refractivity contribution in [3.63, 3.8) is 0 Å². The van der Waals surface area contributed by atoms with Gasteiger partial charge in [-0.15, -0.1) is 0 Å². The predicted octanol–water partition coefficient (Wildman–Crippen LogP) is 1.53. The average molecular weight is 479 g/mol. The van der Waals surface area contributed by atoms with Crippen molar-refractivity contribution in [1.29, 1.82) is 0 Å². The fourth-order valence-electron chi connectivity index (χ4n) is 4.02. The van der Waals surface area contributed by atoms with E-state index in [0.29, 0.717) is 19.3 Å². The van der Waals surface area contributed by atoms with E-state index < -0.39 is 55.5 Å². The summed E-state index contributed by atoms with van der Waals surface area (Å²) in [5.41, 5.74) is 0. The molecule has 2 unspecified atom stereocenters. The van der Waals surface area contributed by atoms with E-state index in [0.717, 1.165) is 38.5 Å². The van der Waals surface area contributed by atoms with Gasteiger partial charge in [0, 0.05) is 6.42 Å². The fourth-order valence-corrected chi connectivity index (χ4v) is 4.02. The highest BCUT2D eigenvalue weighted by molar-refractivity contribution is 5.69. The summed E-state index contributed by atoms with van der Waals surface area (Å²) in [6.07, 6.45) is 3.68. The van der Waals surface area contributed by atoms with Gasteiger partial charge in [-0.2, -0.15) is 0 Å². The number of hydrogen-bond donors (Lipinski definition) is 6. The van der Waals surface area contributed by atoms with E-state index in [1.54, 1.807) is 0 Å². The number of hydrogen-bond acceptors (Lipinski definition) is 9. The monoisotopic (exact) mass is 478 g/mol. The van der Waals surface area contributed by atoms with E-state index in [2.05, 4.69) is 6.92 Å². The van der Waals surface area contributed by atoms with E-state index in [9.17, 15) is 30.3 Å². The first-order chi connectivity index (χ1) is 15.8. The number of aliphatic hydroxyl groups is 6. The minimum atomic E-state index is -1.59. The van der Waals surface area contributed by atoms with Crippen LogP contribution in [0.3, 0.4) is 0 Å². The molecule has 1 heterocycles. The van der Waals surface area contributed by atoms with Gasteiger partial charge in [0.2, 0.25) is 6.29 Å². The summed E-state index contributed by atoms with van der Waals surface area (Å²) >= 11 is 0. The molecule has 0 saturated carbocycles. The third kappa shape index (κ3) is 11.9. The number of aliphatic hydroxyl groups excluding tert-OH is 6. The number of rotatable bonds is 18. The number of ether oxygens (including phenoxy) is 2. The predicted molar refractivity (Wildman–Crippen MR) is 122 cm³/mol. The molecule has 1 fully saturated rings. The van der Waals surface area contributed by atoms with Crippen LogP contribution in [0.5, 0.6) is 0 Å². The van der Waals surface area contributed by atoms with Gasteiger partial charge in [0.25, 0.3) is 0 Å². The Balaban J connectivity index is 2.06. The number of esters is 1. The van der Waals surface area contributed by atoms with Crippen molar-refractivity contribution in [2.24, 2.45) is 0 Å². The van der Waals surface area contributed by atoms with E-state index in [1.165, 1.54) is 25.7 Å². The molecule has 0 aromatic carbocycles. The highest BCUT2D eigenvalue weighted by Gasteiger charge is 2.45. The molecule has 6 N–H and O–H groups in total. The molecule has 0 aliphatic carbocycles. The highest BCUT2D eigenvalue weighted by Crippen LogP contribution is 2.22. The zero-order valence-electron chi connectivity index (χ0n) is 20.1. The molecule has 1 saturated heterocycles. The molecule has 0 amide bonds. The van der Waals surface area contributed by atoms with Crippen molar-refractivity contribution in [1.82, 2.24) is 0 Å². The molecule has 9 nitrogen and oxygen atoms in total. The van der Waals surface area contributed by atoms with Gasteiger partial charge in [-0.1, -0.05) is 71.1 Å². The van der Waals surface area contributed by atoms with Crippen LogP contribution in [0.2, 0.25) is 0 Å². The van der Waals surface area contributed by atoms with Crippen LogP contribution < -0.4 is 0 Å². The third-order valence-electron chi connectivity index (χ3n) is 6.27. The SMILES string of the molecule is CCCCCCCCC(O)C(O)CCCCCCCC(=O)O[C@H]1O[C@H](CO)[C@@H](O)[C@H](O)[C@H]1O. The molecule has 0 spiro atoms. The van der Waals surface area contributed by atoms with Gasteiger partial charge in [0.1, 0.15) is 24.4 Å². The lowest BCUT2D eigenvalue weighted by molar-refractivity contribution is -0.292. The van der Waals surface area contributed by atoms with Gasteiger partial charge in [-0.3, -0.25) is 4.79 Å². The molecular formula is C24H46O9. The lowest BCUT2D eigenvalue weighted by Gasteiger charge is -2.39. The van der Waals surface area contributed by atoms with E-state index >= 15 is 0 Å². The molecule has 0 radical (unpaired) electrons. The Morgan fingerprint density at radius 2 is 1.30 bits per heavy atom. The van der Waals surface area contributed by atoms with Crippen molar-refractivity contribution in [2.75, 3.05) is 6.61 Å². The van der Waals surface area contributed by atoms with Gasteiger partial charge >= 0.3 is 5.97 Å². The molecule has 1 rings (SSSR count). The zero-order valence-corrected chi connectivity index (χ0v) is 20.1. The summed E-state index contributed by atoms with van der Waals surface area (Å²) in [7, 11) is 0. The first kappa shape index (κ1) is 30.2. The van der Waals surface area contributed by atoms with Crippen molar-refractivity contribution in [3.8, 4) is 0 Å². The lowest BCUT2D eigenvalue weighted by atomic mass is 9.99. The quantitative estimate of drug-likeness (QED) is 0.127. The second kappa shape index (κ2) is 17.6. The minimum Gasteiger partial charge on any atom is -0.433 e. The highest BCUT2D eigenvalue weighted by atomic mass is 16.7. The summed E-state index contributed by atoms with van der Waals surface area (Å²) in [5.74, 6) is -0.590. The Kier molecular flexibility index (Phi) is 16.1. The Labute approximate surface area is 197 Å². The van der Waals surface area contributed by atoms with Gasteiger partial charge in [0.05, 0.1) is 18.8 Å². The third-order valence-corrected chi connectivity index (χ3v) is 6.27. The van der Waals surface area contributed by atoms with Gasteiger partial charge < -0.3 is 40.1 Å². The second-order valence-corrected chi connectivity index (χ2v) is 9.18. The Morgan fingerprint density at radius 1 is 0.788 bits per heavy atom. The van der Waals surface area contributed by atoms with Crippen molar-refractivity contribution in [3.05, 3.63) is 0 Å². The smallest absolute Gasteiger partial charge is 0.308 e. The van der Waals surface area contributed by atoms with Crippen LogP contribution in [-0.2, 0) is 14.3 Å². The summed E-state index contributed by atoms with van der Waals surface area (Å²) < 4.78 is 10.2. The summed E-state index contributed by atoms with van der Waals surface area (Å²) in [6.45, 7) is 1.60. The maximum absolute atomic E-state index is 12.0. The molecule has 1 aliphatic heterocycles. The van der Waals surface area contributed by atoms with E-state index in [4.69, 9.17) is 14.6 Å². The van der Waals surface area contributed by atoms with Crippen LogP contribution in [0.25, 0.3) is 0 Å². The Bertz CT molecular complexity index is 502. The molecule has 196 valence electrons. The van der Waals surface area contributed by atoms with E-state index in [-0.39, 0.29) is 6.42 Å². The fraction of sp³-hybridized carbons (Fsp3) is 0.958. The number of carbonyl (C=O) groups excluding carboxylic acids is 1. The first-order valence-electron chi connectivity index (χ1n) is 12.7. The van der Waals surface area contributed by atoms with Crippen molar-refractivity contribution >= 4 is 5.97 Å². The largest absolute Gasteiger partial charge is 0.433 e. The molecule has 9 heteroatoms. The average Bonchev–Trinajstić information content (AvgIpc) is 2.80. The first-order valence-corrected chi connectivity index (χ1v) is 12.7. The summed E-state index contributed by atoms with van der Waals surface area (Å²) in [5, 5.41) is 58.6. The number of unbranched alkanes of at least 4 members (excludes halogenated alkanes) is 9. The van der Waals surface area contributed by atoms with Crippen LogP contribution in [0, 0.1) is 0 Å². The Hall–Kier alpha value is -0.810. The molecule has 7 atom stereocenters.